The fourth-order valence-electron chi connectivity index (χ4n) is 2.82. The SMILES string of the molecule is CCCOc1c(Cl)cc(C=CC(=O)Nc2ccc3c(c2)NC(=O)C(C)O3)cc1OC. The summed E-state index contributed by atoms with van der Waals surface area (Å²) in [5.41, 5.74) is 1.73. The highest BCUT2D eigenvalue weighted by Gasteiger charge is 2.23. The van der Waals surface area contributed by atoms with Crippen LogP contribution in [0.4, 0.5) is 11.4 Å². The van der Waals surface area contributed by atoms with Crippen LogP contribution in [-0.2, 0) is 9.59 Å². The van der Waals surface area contributed by atoms with E-state index in [2.05, 4.69) is 10.6 Å². The van der Waals surface area contributed by atoms with Crippen LogP contribution in [0.5, 0.6) is 17.2 Å². The zero-order valence-electron chi connectivity index (χ0n) is 17.0. The zero-order valence-corrected chi connectivity index (χ0v) is 17.7. The molecule has 2 amide bonds. The number of hydrogen-bond acceptors (Lipinski definition) is 5. The summed E-state index contributed by atoms with van der Waals surface area (Å²) in [6, 6.07) is 8.49. The van der Waals surface area contributed by atoms with Crippen molar-refractivity contribution in [3.05, 3.63) is 47.0 Å². The molecule has 0 aromatic heterocycles. The van der Waals surface area contributed by atoms with E-state index in [1.54, 1.807) is 43.3 Å². The van der Waals surface area contributed by atoms with Gasteiger partial charge in [0.05, 0.1) is 24.4 Å². The lowest BCUT2D eigenvalue weighted by Crippen LogP contribution is -2.34. The van der Waals surface area contributed by atoms with Gasteiger partial charge in [0.15, 0.2) is 17.6 Å². The van der Waals surface area contributed by atoms with Crippen LogP contribution in [0.15, 0.2) is 36.4 Å². The summed E-state index contributed by atoms with van der Waals surface area (Å²) in [7, 11) is 1.53. The second kappa shape index (κ2) is 9.54. The zero-order chi connectivity index (χ0) is 21.7. The van der Waals surface area contributed by atoms with Crippen LogP contribution in [0.2, 0.25) is 5.02 Å². The molecule has 3 rings (SSSR count). The molecule has 1 heterocycles. The highest BCUT2D eigenvalue weighted by Crippen LogP contribution is 2.37. The number of anilines is 2. The first-order chi connectivity index (χ1) is 14.4. The van der Waals surface area contributed by atoms with Crippen molar-refractivity contribution >= 4 is 40.9 Å². The maximum Gasteiger partial charge on any atom is 0.265 e. The molecule has 1 aliphatic rings. The Balaban J connectivity index is 1.70. The van der Waals surface area contributed by atoms with E-state index in [9.17, 15) is 9.59 Å². The van der Waals surface area contributed by atoms with Crippen molar-refractivity contribution in [3.8, 4) is 17.2 Å². The predicted octanol–water partition coefficient (Wildman–Crippen LogP) is 4.51. The second-order valence-corrected chi connectivity index (χ2v) is 7.07. The second-order valence-electron chi connectivity index (χ2n) is 6.67. The van der Waals surface area contributed by atoms with E-state index in [0.717, 1.165) is 6.42 Å². The Labute approximate surface area is 180 Å². The van der Waals surface area contributed by atoms with E-state index in [4.69, 9.17) is 25.8 Å². The fourth-order valence-corrected chi connectivity index (χ4v) is 3.10. The Bertz CT molecular complexity index is 990. The lowest BCUT2D eigenvalue weighted by molar-refractivity contribution is -0.122. The molecule has 1 aliphatic heterocycles. The lowest BCUT2D eigenvalue weighted by Gasteiger charge is -2.23. The first-order valence-electron chi connectivity index (χ1n) is 9.52. The van der Waals surface area contributed by atoms with Gasteiger partial charge in [-0.05, 0) is 55.3 Å². The third-order valence-corrected chi connectivity index (χ3v) is 4.59. The third kappa shape index (κ3) is 5.04. The predicted molar refractivity (Wildman–Crippen MR) is 117 cm³/mol. The Kier molecular flexibility index (Phi) is 6.84. The van der Waals surface area contributed by atoms with Crippen LogP contribution >= 0.6 is 11.6 Å². The molecule has 0 saturated heterocycles. The molecule has 1 unspecified atom stereocenters. The van der Waals surface area contributed by atoms with E-state index in [1.807, 2.05) is 6.92 Å². The largest absolute Gasteiger partial charge is 0.493 e. The molecule has 7 nitrogen and oxygen atoms in total. The number of carbonyl (C=O) groups excluding carboxylic acids is 2. The quantitative estimate of drug-likeness (QED) is 0.631. The number of ether oxygens (including phenoxy) is 3. The van der Waals surface area contributed by atoms with E-state index in [1.165, 1.54) is 13.2 Å². The van der Waals surface area contributed by atoms with E-state index >= 15 is 0 Å². The minimum atomic E-state index is -0.552. The van der Waals surface area contributed by atoms with Gasteiger partial charge < -0.3 is 24.8 Å². The molecule has 0 saturated carbocycles. The lowest BCUT2D eigenvalue weighted by atomic mass is 10.1. The Morgan fingerprint density at radius 1 is 1.33 bits per heavy atom. The van der Waals surface area contributed by atoms with E-state index in [0.29, 0.717) is 45.8 Å². The molecule has 0 bridgehead atoms. The average molecular weight is 431 g/mol. The van der Waals surface area contributed by atoms with Crippen molar-refractivity contribution in [2.24, 2.45) is 0 Å². The van der Waals surface area contributed by atoms with Crippen molar-refractivity contribution in [1.82, 2.24) is 0 Å². The molecule has 8 heteroatoms. The number of rotatable bonds is 7. The third-order valence-electron chi connectivity index (χ3n) is 4.31. The number of carbonyl (C=O) groups is 2. The fraction of sp³-hybridized carbons (Fsp3) is 0.273. The molecule has 0 fully saturated rings. The molecule has 30 heavy (non-hydrogen) atoms. The summed E-state index contributed by atoms with van der Waals surface area (Å²) in [5, 5.41) is 5.90. The highest BCUT2D eigenvalue weighted by atomic mass is 35.5. The number of hydrogen-bond donors (Lipinski definition) is 2. The van der Waals surface area contributed by atoms with Crippen molar-refractivity contribution in [3.63, 3.8) is 0 Å². The van der Waals surface area contributed by atoms with E-state index < -0.39 is 6.10 Å². The first-order valence-corrected chi connectivity index (χ1v) is 9.90. The maximum atomic E-state index is 12.3. The van der Waals surface area contributed by atoms with Gasteiger partial charge in [0.2, 0.25) is 5.91 Å². The minimum Gasteiger partial charge on any atom is -0.493 e. The standard InChI is InChI=1S/C22H23ClN2O5/c1-4-9-29-21-16(23)10-14(11-19(21)28-3)5-8-20(26)24-15-6-7-18-17(12-15)25-22(27)13(2)30-18/h5-8,10-13H,4,9H2,1-3H3,(H,24,26)(H,25,27). The van der Waals surface area contributed by atoms with Gasteiger partial charge in [-0.3, -0.25) is 9.59 Å². The molecule has 0 radical (unpaired) electrons. The van der Waals surface area contributed by atoms with Crippen LogP contribution < -0.4 is 24.8 Å². The Hall–Kier alpha value is -3.19. The van der Waals surface area contributed by atoms with Crippen LogP contribution in [0.25, 0.3) is 6.08 Å². The molecule has 1 atom stereocenters. The summed E-state index contributed by atoms with van der Waals surface area (Å²) in [5.74, 6) is 0.963. The molecule has 0 aliphatic carbocycles. The highest BCUT2D eigenvalue weighted by molar-refractivity contribution is 6.32. The number of benzene rings is 2. The molecule has 0 spiro atoms. The molecule has 2 aromatic carbocycles. The Morgan fingerprint density at radius 3 is 2.87 bits per heavy atom. The summed E-state index contributed by atoms with van der Waals surface area (Å²) >= 11 is 6.30. The number of methoxy groups -OCH3 is 1. The average Bonchev–Trinajstić information content (AvgIpc) is 2.72. The summed E-state index contributed by atoms with van der Waals surface area (Å²) in [6.45, 7) is 4.20. The molecular weight excluding hydrogens is 408 g/mol. The monoisotopic (exact) mass is 430 g/mol. The first kappa shape index (κ1) is 21.5. The molecule has 158 valence electrons. The van der Waals surface area contributed by atoms with Crippen molar-refractivity contribution in [1.29, 1.82) is 0 Å². The summed E-state index contributed by atoms with van der Waals surface area (Å²) in [6.07, 6.45) is 3.30. The van der Waals surface area contributed by atoms with Crippen LogP contribution in [0.1, 0.15) is 25.8 Å². The number of fused-ring (bicyclic) bond motifs is 1. The van der Waals surface area contributed by atoms with Gasteiger partial charge >= 0.3 is 0 Å². The van der Waals surface area contributed by atoms with Crippen molar-refractivity contribution in [2.45, 2.75) is 26.4 Å². The Morgan fingerprint density at radius 2 is 2.13 bits per heavy atom. The van der Waals surface area contributed by atoms with Gasteiger partial charge in [0.25, 0.3) is 5.91 Å². The van der Waals surface area contributed by atoms with Crippen molar-refractivity contribution in [2.75, 3.05) is 24.4 Å². The number of amides is 2. The topological polar surface area (TPSA) is 85.9 Å². The van der Waals surface area contributed by atoms with Gasteiger partial charge in [0.1, 0.15) is 5.75 Å². The molecule has 2 N–H and O–H groups in total. The van der Waals surface area contributed by atoms with E-state index in [-0.39, 0.29) is 11.8 Å². The van der Waals surface area contributed by atoms with Gasteiger partial charge in [-0.2, -0.15) is 0 Å². The van der Waals surface area contributed by atoms with Crippen LogP contribution in [0, 0.1) is 0 Å². The van der Waals surface area contributed by atoms with Crippen LogP contribution in [-0.4, -0.2) is 31.6 Å². The summed E-state index contributed by atoms with van der Waals surface area (Å²) < 4.78 is 16.5. The van der Waals surface area contributed by atoms with Crippen molar-refractivity contribution < 1.29 is 23.8 Å². The maximum absolute atomic E-state index is 12.3. The smallest absolute Gasteiger partial charge is 0.265 e. The van der Waals surface area contributed by atoms with Gasteiger partial charge in [-0.1, -0.05) is 18.5 Å². The van der Waals surface area contributed by atoms with Gasteiger partial charge in [0, 0.05) is 11.8 Å². The molecule has 2 aromatic rings. The van der Waals surface area contributed by atoms with Gasteiger partial charge in [-0.25, -0.2) is 0 Å². The number of nitrogens with one attached hydrogen (secondary N) is 2. The van der Waals surface area contributed by atoms with Crippen LogP contribution in [0.3, 0.4) is 0 Å². The van der Waals surface area contributed by atoms with Gasteiger partial charge in [-0.15, -0.1) is 0 Å². The molecular formula is C22H23ClN2O5. The number of halogens is 1. The minimum absolute atomic E-state index is 0.233. The summed E-state index contributed by atoms with van der Waals surface area (Å²) in [4.78, 5) is 24.1. The normalized spacial score (nSPS) is 15.2.